The van der Waals surface area contributed by atoms with Crippen LogP contribution in [0.4, 0.5) is 11.4 Å². The number of rotatable bonds is 4. The summed E-state index contributed by atoms with van der Waals surface area (Å²) in [6.45, 7) is 0.645. The number of para-hydroxylation sites is 1. The van der Waals surface area contributed by atoms with E-state index in [0.29, 0.717) is 51.5 Å². The zero-order valence-electron chi connectivity index (χ0n) is 17.5. The average Bonchev–Trinajstić information content (AvgIpc) is 3.25. The van der Waals surface area contributed by atoms with Crippen molar-refractivity contribution in [3.63, 3.8) is 0 Å². The maximum absolute atomic E-state index is 12.8. The molecule has 2 heterocycles. The number of amides is 2. The van der Waals surface area contributed by atoms with E-state index in [1.807, 2.05) is 6.07 Å². The molecule has 0 atom stereocenters. The second-order valence-electron chi connectivity index (χ2n) is 7.75. The van der Waals surface area contributed by atoms with Gasteiger partial charge in [0.1, 0.15) is 6.33 Å². The summed E-state index contributed by atoms with van der Waals surface area (Å²) in [4.78, 5) is 43.4. The van der Waals surface area contributed by atoms with Gasteiger partial charge < -0.3 is 10.2 Å². The smallest absolute Gasteiger partial charge is 0.265 e. The number of hydrogen-bond acceptors (Lipinski definition) is 4. The first-order valence-electron chi connectivity index (χ1n) is 10.5. The lowest BCUT2D eigenvalue weighted by Gasteiger charge is -2.18. The molecule has 1 fully saturated rings. The van der Waals surface area contributed by atoms with Gasteiger partial charge in [0.15, 0.2) is 0 Å². The minimum Gasteiger partial charge on any atom is -0.322 e. The molecule has 4 aromatic rings. The molecule has 3 aromatic carbocycles. The van der Waals surface area contributed by atoms with Gasteiger partial charge in [0, 0.05) is 24.2 Å². The highest BCUT2D eigenvalue weighted by Crippen LogP contribution is 2.31. The van der Waals surface area contributed by atoms with E-state index in [2.05, 4.69) is 10.3 Å². The van der Waals surface area contributed by atoms with Gasteiger partial charge in [-0.1, -0.05) is 23.7 Å². The van der Waals surface area contributed by atoms with Gasteiger partial charge in [0.25, 0.3) is 11.5 Å². The summed E-state index contributed by atoms with van der Waals surface area (Å²) in [6.07, 6.45) is 2.81. The molecular formula is C25H19ClN4O3. The van der Waals surface area contributed by atoms with Gasteiger partial charge in [-0.3, -0.25) is 19.0 Å². The standard InChI is InChI=1S/C25H19ClN4O3/c26-20-14-17(9-12-22(20)29-13-3-6-23(29)31)28-24(32)16-7-10-18(11-8-16)30-15-27-21-5-2-1-4-19(21)25(30)33/h1-2,4-5,7-12,14-15H,3,6,13H2,(H,28,32). The molecule has 0 aliphatic carbocycles. The molecule has 164 valence electrons. The summed E-state index contributed by atoms with van der Waals surface area (Å²) in [5, 5.41) is 3.75. The average molecular weight is 459 g/mol. The van der Waals surface area contributed by atoms with Crippen molar-refractivity contribution >= 4 is 45.7 Å². The van der Waals surface area contributed by atoms with Crippen LogP contribution in [0.2, 0.25) is 5.02 Å². The van der Waals surface area contributed by atoms with E-state index < -0.39 is 0 Å². The molecule has 1 aromatic heterocycles. The fraction of sp³-hybridized carbons (Fsp3) is 0.120. The van der Waals surface area contributed by atoms with Crippen molar-refractivity contribution in [2.45, 2.75) is 12.8 Å². The van der Waals surface area contributed by atoms with Crippen LogP contribution in [-0.2, 0) is 4.79 Å². The van der Waals surface area contributed by atoms with E-state index in [1.54, 1.807) is 65.6 Å². The number of fused-ring (bicyclic) bond motifs is 1. The third kappa shape index (κ3) is 3.99. The monoisotopic (exact) mass is 458 g/mol. The Morgan fingerprint density at radius 1 is 1.00 bits per heavy atom. The molecule has 0 radical (unpaired) electrons. The van der Waals surface area contributed by atoms with Gasteiger partial charge in [-0.25, -0.2) is 4.98 Å². The van der Waals surface area contributed by atoms with Crippen molar-refractivity contribution in [2.75, 3.05) is 16.8 Å². The molecule has 0 spiro atoms. The van der Waals surface area contributed by atoms with Crippen molar-refractivity contribution in [1.29, 1.82) is 0 Å². The highest BCUT2D eigenvalue weighted by atomic mass is 35.5. The van der Waals surface area contributed by atoms with E-state index in [0.717, 1.165) is 6.42 Å². The Morgan fingerprint density at radius 3 is 2.52 bits per heavy atom. The topological polar surface area (TPSA) is 84.3 Å². The normalized spacial score (nSPS) is 13.5. The van der Waals surface area contributed by atoms with Crippen molar-refractivity contribution in [3.05, 3.63) is 94.0 Å². The number of carbonyl (C=O) groups excluding carboxylic acids is 2. The molecule has 1 aliphatic heterocycles. The lowest BCUT2D eigenvalue weighted by molar-refractivity contribution is -0.117. The van der Waals surface area contributed by atoms with Crippen molar-refractivity contribution in [2.24, 2.45) is 0 Å². The van der Waals surface area contributed by atoms with E-state index >= 15 is 0 Å². The number of benzene rings is 3. The Bertz CT molecular complexity index is 1450. The zero-order chi connectivity index (χ0) is 22.9. The Balaban J connectivity index is 1.34. The first kappa shape index (κ1) is 20.9. The molecule has 1 N–H and O–H groups in total. The van der Waals surface area contributed by atoms with E-state index in [1.165, 1.54) is 10.9 Å². The Morgan fingerprint density at radius 2 is 1.79 bits per heavy atom. The third-order valence-corrected chi connectivity index (χ3v) is 5.95. The van der Waals surface area contributed by atoms with E-state index in [4.69, 9.17) is 11.6 Å². The number of nitrogens with one attached hydrogen (secondary N) is 1. The van der Waals surface area contributed by atoms with Crippen molar-refractivity contribution in [3.8, 4) is 5.69 Å². The molecule has 0 saturated carbocycles. The summed E-state index contributed by atoms with van der Waals surface area (Å²) in [7, 11) is 0. The summed E-state index contributed by atoms with van der Waals surface area (Å²) in [5.41, 5.74) is 2.67. The molecule has 1 saturated heterocycles. The molecule has 8 heteroatoms. The molecule has 2 amide bonds. The molecule has 7 nitrogen and oxygen atoms in total. The fourth-order valence-corrected chi connectivity index (χ4v) is 4.22. The predicted molar refractivity (Wildman–Crippen MR) is 128 cm³/mol. The van der Waals surface area contributed by atoms with Gasteiger partial charge >= 0.3 is 0 Å². The SMILES string of the molecule is O=C(Nc1ccc(N2CCCC2=O)c(Cl)c1)c1ccc(-n2cnc3ccccc3c2=O)cc1. The van der Waals surface area contributed by atoms with E-state index in [-0.39, 0.29) is 17.4 Å². The van der Waals surface area contributed by atoms with Gasteiger partial charge in [0.2, 0.25) is 5.91 Å². The molecule has 0 unspecified atom stereocenters. The quantitative estimate of drug-likeness (QED) is 0.490. The number of halogens is 1. The van der Waals surface area contributed by atoms with Crippen LogP contribution in [0.25, 0.3) is 16.6 Å². The summed E-state index contributed by atoms with van der Waals surface area (Å²) >= 11 is 6.37. The first-order chi connectivity index (χ1) is 16.0. The highest BCUT2D eigenvalue weighted by Gasteiger charge is 2.23. The second-order valence-corrected chi connectivity index (χ2v) is 8.16. The number of anilines is 2. The van der Waals surface area contributed by atoms with Crippen LogP contribution in [-0.4, -0.2) is 27.9 Å². The fourth-order valence-electron chi connectivity index (χ4n) is 3.94. The number of carbonyl (C=O) groups is 2. The molecule has 33 heavy (non-hydrogen) atoms. The molecular weight excluding hydrogens is 440 g/mol. The van der Waals surface area contributed by atoms with Crippen LogP contribution < -0.4 is 15.8 Å². The van der Waals surface area contributed by atoms with Crippen LogP contribution in [0.5, 0.6) is 0 Å². The van der Waals surface area contributed by atoms with Crippen LogP contribution >= 0.6 is 11.6 Å². The van der Waals surface area contributed by atoms with Crippen molar-refractivity contribution in [1.82, 2.24) is 9.55 Å². The lowest BCUT2D eigenvalue weighted by atomic mass is 10.1. The number of nitrogens with zero attached hydrogens (tertiary/aromatic N) is 3. The zero-order valence-corrected chi connectivity index (χ0v) is 18.2. The lowest BCUT2D eigenvalue weighted by Crippen LogP contribution is -2.24. The van der Waals surface area contributed by atoms with Gasteiger partial charge in [-0.2, -0.15) is 0 Å². The van der Waals surface area contributed by atoms with Gasteiger partial charge in [-0.15, -0.1) is 0 Å². The van der Waals surface area contributed by atoms with Crippen LogP contribution in [0.3, 0.4) is 0 Å². The van der Waals surface area contributed by atoms with Gasteiger partial charge in [0.05, 0.1) is 27.3 Å². The minimum atomic E-state index is -0.313. The largest absolute Gasteiger partial charge is 0.322 e. The van der Waals surface area contributed by atoms with Crippen LogP contribution in [0.1, 0.15) is 23.2 Å². The summed E-state index contributed by atoms with van der Waals surface area (Å²) < 4.78 is 1.45. The third-order valence-electron chi connectivity index (χ3n) is 5.64. The number of hydrogen-bond donors (Lipinski definition) is 1. The number of aromatic nitrogens is 2. The Hall–Kier alpha value is -3.97. The summed E-state index contributed by atoms with van der Waals surface area (Å²) in [5.74, 6) is -0.263. The van der Waals surface area contributed by atoms with Crippen LogP contribution in [0, 0.1) is 0 Å². The van der Waals surface area contributed by atoms with Crippen LogP contribution in [0.15, 0.2) is 77.9 Å². The first-order valence-corrected chi connectivity index (χ1v) is 10.9. The Kier molecular flexibility index (Phi) is 5.40. The minimum absolute atomic E-state index is 0.0505. The molecule has 1 aliphatic rings. The molecule has 5 rings (SSSR count). The highest BCUT2D eigenvalue weighted by molar-refractivity contribution is 6.34. The maximum Gasteiger partial charge on any atom is 0.265 e. The van der Waals surface area contributed by atoms with Crippen molar-refractivity contribution < 1.29 is 9.59 Å². The maximum atomic E-state index is 12.8. The van der Waals surface area contributed by atoms with Gasteiger partial charge in [-0.05, 0) is 61.0 Å². The Labute approximate surface area is 194 Å². The second kappa shape index (κ2) is 8.52. The van der Waals surface area contributed by atoms with E-state index in [9.17, 15) is 14.4 Å². The molecule has 0 bridgehead atoms. The summed E-state index contributed by atoms with van der Waals surface area (Å²) in [6, 6.07) is 18.9. The predicted octanol–water partition coefficient (Wildman–Crippen LogP) is 4.42.